The number of fused-ring (bicyclic) bond motifs is 1. The zero-order valence-corrected chi connectivity index (χ0v) is 14.7. The van der Waals surface area contributed by atoms with E-state index in [4.69, 9.17) is 9.15 Å². The summed E-state index contributed by atoms with van der Waals surface area (Å²) in [6.07, 6.45) is 10.2. The molecule has 0 bridgehead atoms. The molecule has 4 rings (SSSR count). The Bertz CT molecular complexity index is 990. The van der Waals surface area contributed by atoms with Crippen molar-refractivity contribution < 1.29 is 9.15 Å². The van der Waals surface area contributed by atoms with E-state index in [0.717, 1.165) is 33.6 Å². The zero-order valence-electron chi connectivity index (χ0n) is 14.7. The molecule has 26 heavy (non-hydrogen) atoms. The third-order valence-electron chi connectivity index (χ3n) is 5.09. The molecule has 0 saturated heterocycles. The Labute approximate surface area is 152 Å². The van der Waals surface area contributed by atoms with Crippen molar-refractivity contribution in [1.29, 1.82) is 5.26 Å². The van der Waals surface area contributed by atoms with Crippen LogP contribution in [0.15, 0.2) is 47.1 Å². The van der Waals surface area contributed by atoms with E-state index in [9.17, 15) is 5.26 Å². The lowest BCUT2D eigenvalue weighted by molar-refractivity contribution is 0.404. The highest BCUT2D eigenvalue weighted by atomic mass is 16.5. The van der Waals surface area contributed by atoms with Crippen LogP contribution in [0.3, 0.4) is 0 Å². The van der Waals surface area contributed by atoms with Crippen LogP contribution in [0.2, 0.25) is 0 Å². The normalized spacial score (nSPS) is 15.3. The summed E-state index contributed by atoms with van der Waals surface area (Å²) in [4.78, 5) is 4.02. The molecule has 4 nitrogen and oxygen atoms in total. The number of nitrogens with zero attached hydrogens (tertiary/aromatic N) is 2. The van der Waals surface area contributed by atoms with Crippen molar-refractivity contribution in [2.24, 2.45) is 0 Å². The quantitative estimate of drug-likeness (QED) is 0.582. The number of rotatable bonds is 4. The van der Waals surface area contributed by atoms with Gasteiger partial charge in [-0.3, -0.25) is 4.98 Å². The fourth-order valence-electron chi connectivity index (χ4n) is 3.70. The van der Waals surface area contributed by atoms with E-state index >= 15 is 0 Å². The molecule has 0 spiro atoms. The van der Waals surface area contributed by atoms with Crippen molar-refractivity contribution in [3.8, 4) is 11.8 Å². The summed E-state index contributed by atoms with van der Waals surface area (Å²) in [7, 11) is 1.65. The smallest absolute Gasteiger partial charge is 0.176 e. The lowest BCUT2D eigenvalue weighted by Crippen LogP contribution is -1.87. The molecular weight excluding hydrogens is 324 g/mol. The van der Waals surface area contributed by atoms with Gasteiger partial charge >= 0.3 is 0 Å². The number of methoxy groups -OCH3 is 1. The van der Waals surface area contributed by atoms with Crippen molar-refractivity contribution in [3.05, 3.63) is 59.6 Å². The van der Waals surface area contributed by atoms with Gasteiger partial charge in [0.15, 0.2) is 11.3 Å². The Morgan fingerprint density at radius 1 is 1.23 bits per heavy atom. The minimum Gasteiger partial charge on any atom is -0.493 e. The molecule has 2 aromatic heterocycles. The van der Waals surface area contributed by atoms with Crippen LogP contribution in [-0.2, 0) is 0 Å². The third kappa shape index (κ3) is 2.97. The number of pyridine rings is 1. The number of allylic oxidation sites excluding steroid dienone is 1. The highest BCUT2D eigenvalue weighted by Gasteiger charge is 2.22. The minimum absolute atomic E-state index is 0.486. The molecule has 1 fully saturated rings. The summed E-state index contributed by atoms with van der Waals surface area (Å²) < 4.78 is 11.7. The van der Waals surface area contributed by atoms with Crippen LogP contribution in [-0.4, -0.2) is 12.1 Å². The van der Waals surface area contributed by atoms with E-state index in [2.05, 4.69) is 17.1 Å². The van der Waals surface area contributed by atoms with Crippen molar-refractivity contribution in [3.63, 3.8) is 0 Å². The van der Waals surface area contributed by atoms with Crippen molar-refractivity contribution in [2.75, 3.05) is 7.11 Å². The first-order valence-electron chi connectivity index (χ1n) is 8.93. The van der Waals surface area contributed by atoms with Gasteiger partial charge in [0.1, 0.15) is 5.76 Å². The maximum Gasteiger partial charge on any atom is 0.176 e. The molecule has 4 heteroatoms. The Morgan fingerprint density at radius 3 is 2.69 bits per heavy atom. The first-order valence-corrected chi connectivity index (χ1v) is 8.93. The summed E-state index contributed by atoms with van der Waals surface area (Å²) >= 11 is 0. The molecule has 0 aliphatic heterocycles. The van der Waals surface area contributed by atoms with Crippen molar-refractivity contribution in [2.45, 2.75) is 31.6 Å². The molecule has 1 aromatic carbocycles. The molecule has 1 aliphatic carbocycles. The van der Waals surface area contributed by atoms with Crippen LogP contribution in [0.4, 0.5) is 0 Å². The fraction of sp³-hybridized carbons (Fsp3) is 0.273. The summed E-state index contributed by atoms with van der Waals surface area (Å²) in [6, 6.07) is 12.0. The maximum atomic E-state index is 9.60. The van der Waals surface area contributed by atoms with Crippen LogP contribution in [0.5, 0.6) is 5.75 Å². The van der Waals surface area contributed by atoms with E-state index in [1.807, 2.05) is 30.3 Å². The van der Waals surface area contributed by atoms with Gasteiger partial charge in [-0.05, 0) is 54.3 Å². The lowest BCUT2D eigenvalue weighted by atomic mass is 10.0. The molecule has 0 radical (unpaired) electrons. The zero-order chi connectivity index (χ0) is 17.9. The fourth-order valence-corrected chi connectivity index (χ4v) is 3.70. The number of hydrogen-bond acceptors (Lipinski definition) is 4. The first-order chi connectivity index (χ1) is 12.8. The second-order valence-corrected chi connectivity index (χ2v) is 6.64. The standard InChI is InChI=1S/C22H20N2O2/c1-25-20-7-6-17(12-18(14-23)15-8-10-24-11-9-15)19-13-21(26-22(19)20)16-4-2-3-5-16/h6-13,16H,2-5H2,1H3/b18-12-. The summed E-state index contributed by atoms with van der Waals surface area (Å²) in [6.45, 7) is 0. The van der Waals surface area contributed by atoms with Crippen LogP contribution in [0.25, 0.3) is 22.6 Å². The second-order valence-electron chi connectivity index (χ2n) is 6.64. The second kappa shape index (κ2) is 7.05. The number of furan rings is 1. The van der Waals surface area contributed by atoms with Crippen LogP contribution >= 0.6 is 0 Å². The molecule has 1 saturated carbocycles. The minimum atomic E-state index is 0.486. The molecule has 0 N–H and O–H groups in total. The van der Waals surface area contributed by atoms with Gasteiger partial charge in [0.2, 0.25) is 0 Å². The molecule has 1 aliphatic rings. The Balaban J connectivity index is 1.84. The van der Waals surface area contributed by atoms with Gasteiger partial charge in [-0.1, -0.05) is 18.9 Å². The van der Waals surface area contributed by atoms with Gasteiger partial charge < -0.3 is 9.15 Å². The Kier molecular flexibility index (Phi) is 4.45. The highest BCUT2D eigenvalue weighted by molar-refractivity contribution is 5.98. The lowest BCUT2D eigenvalue weighted by Gasteiger charge is -2.04. The SMILES string of the molecule is COc1ccc(/C=C(/C#N)c2ccncc2)c2cc(C3CCCC3)oc12. The van der Waals surface area contributed by atoms with Crippen LogP contribution < -0.4 is 4.74 Å². The van der Waals surface area contributed by atoms with Crippen LogP contribution in [0, 0.1) is 11.3 Å². The van der Waals surface area contributed by atoms with E-state index in [1.54, 1.807) is 19.5 Å². The number of ether oxygens (including phenoxy) is 1. The molecule has 2 heterocycles. The van der Waals surface area contributed by atoms with Gasteiger partial charge in [-0.25, -0.2) is 0 Å². The van der Waals surface area contributed by atoms with Crippen LogP contribution in [0.1, 0.15) is 48.5 Å². The Morgan fingerprint density at radius 2 is 2.00 bits per heavy atom. The molecule has 3 aromatic rings. The van der Waals surface area contributed by atoms with E-state index < -0.39 is 0 Å². The molecule has 0 unspecified atom stereocenters. The highest BCUT2D eigenvalue weighted by Crippen LogP contribution is 2.40. The topological polar surface area (TPSA) is 59.0 Å². The average Bonchev–Trinajstić information content (AvgIpc) is 3.36. The van der Waals surface area contributed by atoms with E-state index in [-0.39, 0.29) is 0 Å². The predicted molar refractivity (Wildman–Crippen MR) is 102 cm³/mol. The third-order valence-corrected chi connectivity index (χ3v) is 5.09. The van der Waals surface area contributed by atoms with Gasteiger partial charge in [-0.15, -0.1) is 0 Å². The number of hydrogen-bond donors (Lipinski definition) is 0. The van der Waals surface area contributed by atoms with Gasteiger partial charge in [0.05, 0.1) is 18.8 Å². The molecule has 0 amide bonds. The van der Waals surface area contributed by atoms with Crippen molar-refractivity contribution in [1.82, 2.24) is 4.98 Å². The van der Waals surface area contributed by atoms with Gasteiger partial charge in [0, 0.05) is 23.7 Å². The summed E-state index contributed by atoms with van der Waals surface area (Å²) in [5, 5.41) is 10.6. The number of benzene rings is 1. The van der Waals surface area contributed by atoms with Gasteiger partial charge in [-0.2, -0.15) is 5.26 Å². The summed E-state index contributed by atoms with van der Waals surface area (Å²) in [5.41, 5.74) is 3.17. The Hall–Kier alpha value is -3.06. The number of nitriles is 1. The molecule has 130 valence electrons. The first kappa shape index (κ1) is 16.4. The average molecular weight is 344 g/mol. The number of aromatic nitrogens is 1. The monoisotopic (exact) mass is 344 g/mol. The van der Waals surface area contributed by atoms with Crippen molar-refractivity contribution >= 4 is 22.6 Å². The summed E-state index contributed by atoms with van der Waals surface area (Å²) in [5.74, 6) is 2.24. The molecule has 0 atom stereocenters. The van der Waals surface area contributed by atoms with E-state index in [0.29, 0.717) is 11.5 Å². The molecular formula is C22H20N2O2. The van der Waals surface area contributed by atoms with Gasteiger partial charge in [0.25, 0.3) is 0 Å². The maximum absolute atomic E-state index is 9.60. The predicted octanol–water partition coefficient (Wildman–Crippen LogP) is 5.56. The largest absolute Gasteiger partial charge is 0.493 e. The van der Waals surface area contributed by atoms with E-state index in [1.165, 1.54) is 25.7 Å².